The van der Waals surface area contributed by atoms with Crippen LogP contribution in [-0.4, -0.2) is 33.7 Å². The van der Waals surface area contributed by atoms with Crippen LogP contribution in [0, 0.1) is 10.1 Å². The van der Waals surface area contributed by atoms with Crippen molar-refractivity contribution in [3.05, 3.63) is 39.9 Å². The summed E-state index contributed by atoms with van der Waals surface area (Å²) in [5, 5.41) is 10.4. The molecule has 9 heteroatoms. The van der Waals surface area contributed by atoms with Crippen LogP contribution >= 0.6 is 0 Å². The molecule has 1 aromatic carbocycles. The van der Waals surface area contributed by atoms with E-state index in [1.54, 1.807) is 0 Å². The second-order valence-electron chi connectivity index (χ2n) is 3.69. The van der Waals surface area contributed by atoms with E-state index in [-0.39, 0.29) is 17.9 Å². The molecule has 0 aliphatic rings. The quantitative estimate of drug-likeness (QED) is 0.148. The minimum atomic E-state index is -1.23. The molecule has 0 fully saturated rings. The summed E-state index contributed by atoms with van der Waals surface area (Å²) >= 11 is 0. The van der Waals surface area contributed by atoms with Crippen molar-refractivity contribution in [3.8, 4) is 5.75 Å². The fraction of sp³-hybridized carbons (Fsp3) is 0.182. The number of hydrogen-bond acceptors (Lipinski definition) is 6. The van der Waals surface area contributed by atoms with Crippen molar-refractivity contribution >= 4 is 23.7 Å². The third-order valence-corrected chi connectivity index (χ3v) is 2.19. The number of nitrogens with zero attached hydrogens (tertiary/aromatic N) is 3. The highest BCUT2D eigenvalue weighted by molar-refractivity contribution is 6.25. The molecule has 1 rings (SSSR count). The van der Waals surface area contributed by atoms with Crippen LogP contribution in [0.5, 0.6) is 5.75 Å². The lowest BCUT2D eigenvalue weighted by Gasteiger charge is -2.08. The number of benzene rings is 1. The summed E-state index contributed by atoms with van der Waals surface area (Å²) in [6.07, 6.45) is 0.245. The van der Waals surface area contributed by atoms with Crippen molar-refractivity contribution in [1.82, 2.24) is 0 Å². The maximum Gasteiger partial charge on any atom is 0.328 e. The minimum Gasteiger partial charge on any atom is -0.425 e. The molecule has 1 atom stereocenters. The molecule has 0 aromatic heterocycles. The maximum atomic E-state index is 11.5. The Morgan fingerprint density at radius 3 is 2.55 bits per heavy atom. The molecule has 0 spiro atoms. The molecule has 20 heavy (non-hydrogen) atoms. The van der Waals surface area contributed by atoms with Gasteiger partial charge in [0.1, 0.15) is 11.8 Å². The number of non-ortho nitro benzene ring substituents is 1. The third-order valence-electron chi connectivity index (χ3n) is 2.19. The lowest BCUT2D eigenvalue weighted by molar-refractivity contribution is -0.384. The number of hydrogen-bond donors (Lipinski definition) is 1. The molecule has 0 saturated carbocycles. The van der Waals surface area contributed by atoms with Gasteiger partial charge in [-0.3, -0.25) is 14.9 Å². The third kappa shape index (κ3) is 4.41. The van der Waals surface area contributed by atoms with Crippen LogP contribution in [0.25, 0.3) is 5.53 Å². The van der Waals surface area contributed by atoms with Crippen molar-refractivity contribution < 1.29 is 24.0 Å². The Morgan fingerprint density at radius 2 is 2.05 bits per heavy atom. The number of rotatable bonds is 6. The number of nitro groups is 1. The number of carbonyl (C=O) groups excluding carboxylic acids is 2. The van der Waals surface area contributed by atoms with Gasteiger partial charge in [-0.05, 0) is 12.1 Å². The van der Waals surface area contributed by atoms with Gasteiger partial charge in [0.25, 0.3) is 5.69 Å². The lowest BCUT2D eigenvalue weighted by Crippen LogP contribution is -2.36. The van der Waals surface area contributed by atoms with Gasteiger partial charge in [0, 0.05) is 18.6 Å². The monoisotopic (exact) mass is 278 g/mol. The Morgan fingerprint density at radius 1 is 1.45 bits per heavy atom. The van der Waals surface area contributed by atoms with Crippen LogP contribution in [0.15, 0.2) is 24.3 Å². The van der Waals surface area contributed by atoms with Crippen LogP contribution in [0.3, 0.4) is 0 Å². The molecule has 9 nitrogen and oxygen atoms in total. The van der Waals surface area contributed by atoms with Crippen LogP contribution < -0.4 is 10.5 Å². The van der Waals surface area contributed by atoms with Gasteiger partial charge in [0.2, 0.25) is 5.78 Å². The van der Waals surface area contributed by atoms with Gasteiger partial charge in [-0.25, -0.2) is 4.79 Å². The van der Waals surface area contributed by atoms with E-state index in [2.05, 4.69) is 4.79 Å². The fourth-order valence-corrected chi connectivity index (χ4v) is 1.24. The smallest absolute Gasteiger partial charge is 0.328 e. The number of ketones is 1. The SMILES string of the molecule is [N-]=[N+]=CC(=O)C[C@H](N)C(=O)Oc1ccc([N+](=O)[O-])cc1. The minimum absolute atomic E-state index is 0.0688. The average Bonchev–Trinajstić information content (AvgIpc) is 2.39. The van der Waals surface area contributed by atoms with E-state index in [9.17, 15) is 19.7 Å². The molecule has 0 saturated heterocycles. The maximum absolute atomic E-state index is 11.5. The molecule has 2 N–H and O–H groups in total. The van der Waals surface area contributed by atoms with Crippen molar-refractivity contribution in [3.63, 3.8) is 0 Å². The molecule has 1 aromatic rings. The van der Waals surface area contributed by atoms with Crippen molar-refractivity contribution in [2.75, 3.05) is 0 Å². The van der Waals surface area contributed by atoms with E-state index in [1.807, 2.05) is 0 Å². The van der Waals surface area contributed by atoms with Gasteiger partial charge in [-0.15, -0.1) is 0 Å². The normalized spacial score (nSPS) is 11.1. The summed E-state index contributed by atoms with van der Waals surface area (Å²) in [5.41, 5.74) is 13.4. The van der Waals surface area contributed by atoms with E-state index in [4.69, 9.17) is 16.0 Å². The van der Waals surface area contributed by atoms with Gasteiger partial charge >= 0.3 is 12.2 Å². The molecular weight excluding hydrogens is 268 g/mol. The molecule has 0 amide bonds. The first-order valence-electron chi connectivity index (χ1n) is 5.36. The van der Waals surface area contributed by atoms with E-state index >= 15 is 0 Å². The zero-order chi connectivity index (χ0) is 15.1. The zero-order valence-corrected chi connectivity index (χ0v) is 10.1. The number of carbonyl (C=O) groups is 2. The van der Waals surface area contributed by atoms with E-state index < -0.39 is 22.7 Å². The highest BCUT2D eigenvalue weighted by Gasteiger charge is 2.20. The summed E-state index contributed by atoms with van der Waals surface area (Å²) in [6.45, 7) is 0. The number of nitrogens with two attached hydrogens (primary N) is 1. The second-order valence-corrected chi connectivity index (χ2v) is 3.69. The molecule has 0 aliphatic carbocycles. The van der Waals surface area contributed by atoms with Crippen molar-refractivity contribution in [1.29, 1.82) is 0 Å². The molecule has 0 heterocycles. The number of nitro benzene ring substituents is 1. The topological polar surface area (TPSA) is 149 Å². The Bertz CT molecular complexity index is 577. The molecule has 104 valence electrons. The summed E-state index contributed by atoms with van der Waals surface area (Å²) in [6, 6.07) is 3.57. The van der Waals surface area contributed by atoms with E-state index in [1.165, 1.54) is 12.1 Å². The van der Waals surface area contributed by atoms with Crippen LogP contribution in [-0.2, 0) is 9.59 Å². The summed E-state index contributed by atoms with van der Waals surface area (Å²) in [5.74, 6) is -1.45. The fourth-order valence-electron chi connectivity index (χ4n) is 1.24. The van der Waals surface area contributed by atoms with Crippen LogP contribution in [0.1, 0.15) is 6.42 Å². The van der Waals surface area contributed by atoms with Crippen molar-refractivity contribution in [2.24, 2.45) is 5.73 Å². The first kappa shape index (κ1) is 15.2. The summed E-state index contributed by atoms with van der Waals surface area (Å²) < 4.78 is 4.84. The molecule has 0 unspecified atom stereocenters. The summed E-state index contributed by atoms with van der Waals surface area (Å²) in [7, 11) is 0. The largest absolute Gasteiger partial charge is 0.425 e. The average molecular weight is 278 g/mol. The lowest BCUT2D eigenvalue weighted by atomic mass is 10.1. The van der Waals surface area contributed by atoms with Gasteiger partial charge in [0.15, 0.2) is 0 Å². The second kappa shape index (κ2) is 6.88. The number of Topliss-reactive ketones (excluding diaryl/α,β-unsaturated/α-hetero) is 1. The summed E-state index contributed by atoms with van der Waals surface area (Å²) in [4.78, 5) is 34.9. The highest BCUT2D eigenvalue weighted by Crippen LogP contribution is 2.17. The molecular formula is C11H10N4O5. The van der Waals surface area contributed by atoms with Crippen molar-refractivity contribution in [2.45, 2.75) is 12.5 Å². The highest BCUT2D eigenvalue weighted by atomic mass is 16.6. The molecule has 0 bridgehead atoms. The Kier molecular flexibility index (Phi) is 5.21. The first-order chi connectivity index (χ1) is 9.43. The first-order valence-corrected chi connectivity index (χ1v) is 5.36. The molecule has 0 aliphatic heterocycles. The Balaban J connectivity index is 2.63. The molecule has 0 radical (unpaired) electrons. The van der Waals surface area contributed by atoms with E-state index in [0.717, 1.165) is 12.1 Å². The zero-order valence-electron chi connectivity index (χ0n) is 10.1. The standard InChI is InChI=1S/C11H10N4O5/c12-10(5-8(16)6-14-13)11(17)20-9-3-1-7(2-4-9)15(18)19/h1-4,6,10H,5,12H2/t10-/m0/s1. The van der Waals surface area contributed by atoms with Gasteiger partial charge < -0.3 is 16.0 Å². The predicted octanol–water partition coefficient (Wildman–Crippen LogP) is 0.0873. The number of ether oxygens (including phenoxy) is 1. The van der Waals surface area contributed by atoms with Crippen LogP contribution in [0.2, 0.25) is 0 Å². The Labute approximate surface area is 112 Å². The number of esters is 1. The predicted molar refractivity (Wildman–Crippen MR) is 66.0 cm³/mol. The van der Waals surface area contributed by atoms with E-state index in [0.29, 0.717) is 6.21 Å². The van der Waals surface area contributed by atoms with Gasteiger partial charge in [-0.2, -0.15) is 4.79 Å². The van der Waals surface area contributed by atoms with Gasteiger partial charge in [-0.1, -0.05) is 0 Å². The van der Waals surface area contributed by atoms with Gasteiger partial charge in [0.05, 0.1) is 4.92 Å². The Hall–Kier alpha value is -2.90. The van der Waals surface area contributed by atoms with Crippen LogP contribution in [0.4, 0.5) is 5.69 Å².